The molecule has 3 N–H and O–H groups in total. The number of nitrogens with one attached hydrogen (secondary N) is 1. The lowest BCUT2D eigenvalue weighted by Crippen LogP contribution is -2.29. The van der Waals surface area contributed by atoms with Gasteiger partial charge in [-0.3, -0.25) is 4.79 Å². The second-order valence-electron chi connectivity index (χ2n) is 4.59. The van der Waals surface area contributed by atoms with Crippen LogP contribution in [0.3, 0.4) is 0 Å². The summed E-state index contributed by atoms with van der Waals surface area (Å²) in [4.78, 5) is 11.9. The number of carbonyl (C=O) groups excluding carboxylic acids is 1. The first-order valence-electron chi connectivity index (χ1n) is 5.60. The van der Waals surface area contributed by atoms with Crippen LogP contribution < -0.4 is 11.1 Å². The molecule has 1 amide bonds. The van der Waals surface area contributed by atoms with Crippen LogP contribution in [-0.4, -0.2) is 5.91 Å². The topological polar surface area (TPSA) is 55.1 Å². The number of rotatable bonds is 4. The number of halogens is 1. The molecule has 17 heavy (non-hydrogen) atoms. The lowest BCUT2D eigenvalue weighted by Gasteiger charge is -2.21. The van der Waals surface area contributed by atoms with Crippen LogP contribution in [0.4, 0.5) is 5.69 Å². The molecule has 0 radical (unpaired) electrons. The van der Waals surface area contributed by atoms with Gasteiger partial charge in [-0.05, 0) is 24.1 Å². The summed E-state index contributed by atoms with van der Waals surface area (Å²) in [5, 5.41) is 2.90. The highest BCUT2D eigenvalue weighted by Crippen LogP contribution is 2.22. The summed E-state index contributed by atoms with van der Waals surface area (Å²) in [5.41, 5.74) is 7.06. The van der Waals surface area contributed by atoms with Crippen molar-refractivity contribution >= 4 is 24.0 Å². The molecule has 0 bridgehead atoms. The number of carbonyl (C=O) groups is 1. The number of nitrogens with two attached hydrogens (primary N) is 1. The molecule has 1 aromatic rings. The highest BCUT2D eigenvalue weighted by Gasteiger charge is 2.24. The van der Waals surface area contributed by atoms with E-state index in [1.54, 1.807) is 0 Å². The maximum Gasteiger partial charge on any atom is 0.230 e. The Morgan fingerprint density at radius 1 is 1.29 bits per heavy atom. The number of hydrogen-bond acceptors (Lipinski definition) is 2. The molecule has 1 aromatic carbocycles. The Hall–Kier alpha value is -1.06. The third kappa shape index (κ3) is 4.36. The fourth-order valence-electron chi connectivity index (χ4n) is 1.19. The van der Waals surface area contributed by atoms with Crippen molar-refractivity contribution in [3.8, 4) is 0 Å². The molecule has 3 nitrogen and oxygen atoms in total. The van der Waals surface area contributed by atoms with E-state index in [9.17, 15) is 4.79 Å². The molecule has 0 saturated heterocycles. The number of hydrogen-bond donors (Lipinski definition) is 2. The van der Waals surface area contributed by atoms with Crippen LogP contribution in [0.25, 0.3) is 0 Å². The van der Waals surface area contributed by atoms with E-state index in [-0.39, 0.29) is 23.7 Å². The molecule has 0 fully saturated rings. The van der Waals surface area contributed by atoms with Crippen LogP contribution in [0.2, 0.25) is 0 Å². The molecular weight excluding hydrogens is 236 g/mol. The third-order valence-electron chi connectivity index (χ3n) is 2.95. The van der Waals surface area contributed by atoms with Gasteiger partial charge in [0.25, 0.3) is 0 Å². The first kappa shape index (κ1) is 15.9. The summed E-state index contributed by atoms with van der Waals surface area (Å²) in [7, 11) is 0. The minimum absolute atomic E-state index is 0. The zero-order chi connectivity index (χ0) is 12.2. The van der Waals surface area contributed by atoms with Crippen molar-refractivity contribution in [2.45, 2.75) is 33.7 Å². The third-order valence-corrected chi connectivity index (χ3v) is 2.95. The van der Waals surface area contributed by atoms with Gasteiger partial charge in [0.05, 0.1) is 0 Å². The van der Waals surface area contributed by atoms with Crippen LogP contribution in [-0.2, 0) is 11.3 Å². The van der Waals surface area contributed by atoms with Gasteiger partial charge in [0.15, 0.2) is 0 Å². The highest BCUT2D eigenvalue weighted by molar-refractivity contribution is 5.94. The zero-order valence-corrected chi connectivity index (χ0v) is 11.4. The fraction of sp³-hybridized carbons (Fsp3) is 0.462. The van der Waals surface area contributed by atoms with E-state index in [0.29, 0.717) is 6.54 Å². The first-order valence-corrected chi connectivity index (χ1v) is 5.60. The first-order chi connectivity index (χ1) is 7.49. The molecule has 0 aliphatic rings. The summed E-state index contributed by atoms with van der Waals surface area (Å²) in [6.45, 7) is 6.42. The van der Waals surface area contributed by atoms with Crippen LogP contribution in [0.1, 0.15) is 32.8 Å². The van der Waals surface area contributed by atoms with E-state index in [1.807, 2.05) is 45.0 Å². The Morgan fingerprint density at radius 2 is 1.82 bits per heavy atom. The monoisotopic (exact) mass is 256 g/mol. The predicted molar refractivity (Wildman–Crippen MR) is 74.3 cm³/mol. The van der Waals surface area contributed by atoms with E-state index < -0.39 is 0 Å². The molecule has 0 aliphatic carbocycles. The Balaban J connectivity index is 0.00000256. The van der Waals surface area contributed by atoms with Crippen molar-refractivity contribution < 1.29 is 4.79 Å². The maximum absolute atomic E-state index is 11.9. The molecular formula is C13H21ClN2O. The van der Waals surface area contributed by atoms with Crippen LogP contribution in [0.5, 0.6) is 0 Å². The molecule has 0 aromatic heterocycles. The van der Waals surface area contributed by atoms with Gasteiger partial charge < -0.3 is 11.1 Å². The molecule has 0 atom stereocenters. The summed E-state index contributed by atoms with van der Waals surface area (Å²) in [6, 6.07) is 7.61. The average molecular weight is 257 g/mol. The Labute approximate surface area is 109 Å². The van der Waals surface area contributed by atoms with Gasteiger partial charge in [-0.1, -0.05) is 32.9 Å². The largest absolute Gasteiger partial charge is 0.326 e. The smallest absolute Gasteiger partial charge is 0.230 e. The van der Waals surface area contributed by atoms with Crippen molar-refractivity contribution in [1.82, 2.24) is 0 Å². The van der Waals surface area contributed by atoms with E-state index in [4.69, 9.17) is 5.73 Å². The van der Waals surface area contributed by atoms with E-state index in [1.165, 1.54) is 0 Å². The lowest BCUT2D eigenvalue weighted by molar-refractivity contribution is -0.124. The minimum Gasteiger partial charge on any atom is -0.326 e. The number of amides is 1. The minimum atomic E-state index is -0.327. The molecule has 0 spiro atoms. The molecule has 4 heteroatoms. The van der Waals surface area contributed by atoms with Crippen molar-refractivity contribution in [2.75, 3.05) is 5.32 Å². The van der Waals surface area contributed by atoms with Gasteiger partial charge in [-0.15, -0.1) is 12.4 Å². The van der Waals surface area contributed by atoms with Crippen LogP contribution in [0, 0.1) is 5.41 Å². The van der Waals surface area contributed by atoms with E-state index in [2.05, 4.69) is 5.32 Å². The Morgan fingerprint density at radius 3 is 2.24 bits per heavy atom. The SMILES string of the molecule is CCC(C)(C)C(=O)Nc1ccc(CN)cc1.Cl. The van der Waals surface area contributed by atoms with Crippen molar-refractivity contribution in [1.29, 1.82) is 0 Å². The van der Waals surface area contributed by atoms with E-state index >= 15 is 0 Å². The van der Waals surface area contributed by atoms with Crippen LogP contribution >= 0.6 is 12.4 Å². The number of anilines is 1. The summed E-state index contributed by atoms with van der Waals surface area (Å²) >= 11 is 0. The predicted octanol–water partition coefficient (Wildman–Crippen LogP) is 2.94. The highest BCUT2D eigenvalue weighted by atomic mass is 35.5. The van der Waals surface area contributed by atoms with Gasteiger partial charge in [-0.25, -0.2) is 0 Å². The average Bonchev–Trinajstić information content (AvgIpc) is 2.30. The lowest BCUT2D eigenvalue weighted by atomic mass is 9.89. The van der Waals surface area contributed by atoms with Crippen molar-refractivity contribution in [2.24, 2.45) is 11.1 Å². The summed E-state index contributed by atoms with van der Waals surface area (Å²) in [5.74, 6) is 0.0514. The van der Waals surface area contributed by atoms with Crippen LogP contribution in [0.15, 0.2) is 24.3 Å². The van der Waals surface area contributed by atoms with E-state index in [0.717, 1.165) is 17.7 Å². The molecule has 0 unspecified atom stereocenters. The molecule has 96 valence electrons. The second kappa shape index (κ2) is 6.62. The molecule has 1 rings (SSSR count). The quantitative estimate of drug-likeness (QED) is 0.870. The zero-order valence-electron chi connectivity index (χ0n) is 10.6. The van der Waals surface area contributed by atoms with Gasteiger partial charge >= 0.3 is 0 Å². The van der Waals surface area contributed by atoms with Crippen molar-refractivity contribution in [3.05, 3.63) is 29.8 Å². The molecule has 0 heterocycles. The Bertz CT molecular complexity index is 360. The molecule has 0 aliphatic heterocycles. The number of benzene rings is 1. The molecule has 0 saturated carbocycles. The second-order valence-corrected chi connectivity index (χ2v) is 4.59. The normalized spacial score (nSPS) is 10.6. The van der Waals surface area contributed by atoms with Gasteiger partial charge in [0.1, 0.15) is 0 Å². The summed E-state index contributed by atoms with van der Waals surface area (Å²) in [6.07, 6.45) is 0.819. The Kier molecular flexibility index (Phi) is 6.21. The standard InChI is InChI=1S/C13H20N2O.ClH/c1-4-13(2,3)12(16)15-11-7-5-10(9-14)6-8-11;/h5-8H,4,9,14H2,1-3H3,(H,15,16);1H. The summed E-state index contributed by atoms with van der Waals surface area (Å²) < 4.78 is 0. The fourth-order valence-corrected chi connectivity index (χ4v) is 1.19. The van der Waals surface area contributed by atoms with Gasteiger partial charge in [-0.2, -0.15) is 0 Å². The van der Waals surface area contributed by atoms with Gasteiger partial charge in [0, 0.05) is 17.6 Å². The van der Waals surface area contributed by atoms with Crippen molar-refractivity contribution in [3.63, 3.8) is 0 Å². The maximum atomic E-state index is 11.9. The van der Waals surface area contributed by atoms with Gasteiger partial charge in [0.2, 0.25) is 5.91 Å².